The number of hydrogen-bond acceptors (Lipinski definition) is 6. The number of halogens is 4. The van der Waals surface area contributed by atoms with Crippen molar-refractivity contribution in [2.75, 3.05) is 31.1 Å². The fourth-order valence-electron chi connectivity index (χ4n) is 3.53. The van der Waals surface area contributed by atoms with Gasteiger partial charge < -0.3 is 21.1 Å². The van der Waals surface area contributed by atoms with Crippen LogP contribution in [-0.2, 0) is 6.18 Å². The molecule has 1 saturated heterocycles. The Morgan fingerprint density at radius 1 is 1.28 bits per heavy atom. The summed E-state index contributed by atoms with van der Waals surface area (Å²) in [6.45, 7) is 2.03. The van der Waals surface area contributed by atoms with Crippen molar-refractivity contribution >= 4 is 23.0 Å². The Morgan fingerprint density at radius 2 is 2.07 bits per heavy atom. The van der Waals surface area contributed by atoms with Gasteiger partial charge in [0.05, 0.1) is 16.7 Å². The van der Waals surface area contributed by atoms with Gasteiger partial charge in [-0.1, -0.05) is 17.7 Å². The van der Waals surface area contributed by atoms with Crippen molar-refractivity contribution < 1.29 is 18.3 Å². The van der Waals surface area contributed by atoms with Crippen molar-refractivity contribution in [3.8, 4) is 11.4 Å². The fourth-order valence-corrected chi connectivity index (χ4v) is 3.75. The van der Waals surface area contributed by atoms with Crippen LogP contribution < -0.4 is 16.0 Å². The number of nitrogens with zero attached hydrogens (tertiary/aromatic N) is 3. The smallest absolute Gasteiger partial charge is 0.390 e. The monoisotopic (exact) mass is 425 g/mol. The molecule has 2 aliphatic rings. The Balaban J connectivity index is 1.79. The van der Waals surface area contributed by atoms with Gasteiger partial charge in [0.1, 0.15) is 5.82 Å². The molecule has 0 unspecified atom stereocenters. The number of benzene rings is 1. The third kappa shape index (κ3) is 3.95. The molecule has 0 aliphatic carbocycles. The molecule has 6 nitrogen and oxygen atoms in total. The molecule has 2 aromatic rings. The van der Waals surface area contributed by atoms with E-state index < -0.39 is 23.9 Å². The third-order valence-electron chi connectivity index (χ3n) is 5.09. The number of nitrogens with two attached hydrogens (primary N) is 1. The first-order valence-corrected chi connectivity index (χ1v) is 9.44. The summed E-state index contributed by atoms with van der Waals surface area (Å²) in [5.41, 5.74) is 6.97. The molecule has 1 fully saturated rings. The number of alkyl halides is 3. The number of aliphatic hydroxyl groups excluding tert-OH is 1. The molecule has 0 spiro atoms. The largest absolute Gasteiger partial charge is 0.417 e. The van der Waals surface area contributed by atoms with Crippen molar-refractivity contribution in [2.24, 2.45) is 5.73 Å². The van der Waals surface area contributed by atoms with E-state index in [-0.39, 0.29) is 16.4 Å². The van der Waals surface area contributed by atoms with Crippen molar-refractivity contribution in [1.82, 2.24) is 15.3 Å². The second-order valence-electron chi connectivity index (χ2n) is 7.12. The van der Waals surface area contributed by atoms with Crippen molar-refractivity contribution in [3.63, 3.8) is 0 Å². The first kappa shape index (κ1) is 20.1. The van der Waals surface area contributed by atoms with Gasteiger partial charge in [-0.25, -0.2) is 9.97 Å². The number of hydrogen-bond donors (Lipinski definition) is 3. The Morgan fingerprint density at radius 3 is 2.69 bits per heavy atom. The summed E-state index contributed by atoms with van der Waals surface area (Å²) in [7, 11) is 0. The molecule has 0 amide bonds. The number of nitrogens with one attached hydrogen (secondary N) is 1. The summed E-state index contributed by atoms with van der Waals surface area (Å²) in [6.07, 6.45) is -1.67. The van der Waals surface area contributed by atoms with Gasteiger partial charge in [0, 0.05) is 49.5 Å². The Kier molecular flexibility index (Phi) is 5.24. The number of anilines is 1. The Hall–Kier alpha value is -2.20. The molecule has 1 aromatic carbocycles. The molecule has 10 heteroatoms. The van der Waals surface area contributed by atoms with Crippen LogP contribution in [0.3, 0.4) is 0 Å². The quantitative estimate of drug-likeness (QED) is 0.699. The van der Waals surface area contributed by atoms with E-state index in [9.17, 15) is 18.3 Å². The maximum Gasteiger partial charge on any atom is 0.417 e. The number of aliphatic hydroxyl groups is 1. The van der Waals surface area contributed by atoms with E-state index in [1.165, 1.54) is 12.1 Å². The van der Waals surface area contributed by atoms with Crippen LogP contribution in [0, 0.1) is 0 Å². The van der Waals surface area contributed by atoms with Crippen LogP contribution in [0.1, 0.15) is 11.1 Å². The molecular weight excluding hydrogens is 407 g/mol. The third-order valence-corrected chi connectivity index (χ3v) is 5.41. The summed E-state index contributed by atoms with van der Waals surface area (Å²) in [5, 5.41) is 12.9. The topological polar surface area (TPSA) is 87.3 Å². The minimum atomic E-state index is -4.58. The van der Waals surface area contributed by atoms with E-state index in [1.54, 1.807) is 6.20 Å². The second-order valence-corrected chi connectivity index (χ2v) is 7.53. The van der Waals surface area contributed by atoms with Gasteiger partial charge in [-0.15, -0.1) is 0 Å². The van der Waals surface area contributed by atoms with Crippen molar-refractivity contribution in [3.05, 3.63) is 46.6 Å². The van der Waals surface area contributed by atoms with Crippen LogP contribution in [0.5, 0.6) is 0 Å². The summed E-state index contributed by atoms with van der Waals surface area (Å²) >= 11 is 5.72. The average Bonchev–Trinajstić information content (AvgIpc) is 3.31. The zero-order valence-electron chi connectivity index (χ0n) is 15.2. The molecule has 4 N–H and O–H groups in total. The van der Waals surface area contributed by atoms with E-state index in [2.05, 4.69) is 15.3 Å². The van der Waals surface area contributed by atoms with Crippen molar-refractivity contribution in [2.45, 2.75) is 18.3 Å². The summed E-state index contributed by atoms with van der Waals surface area (Å²) < 4.78 is 39.7. The van der Waals surface area contributed by atoms with Gasteiger partial charge in [0.2, 0.25) is 0 Å². The highest BCUT2D eigenvalue weighted by Crippen LogP contribution is 2.37. The van der Waals surface area contributed by atoms with Crippen LogP contribution in [0.2, 0.25) is 5.02 Å². The first-order chi connectivity index (χ1) is 13.7. The minimum absolute atomic E-state index is 0.146. The maximum absolute atomic E-state index is 13.2. The van der Waals surface area contributed by atoms with E-state index in [4.69, 9.17) is 17.3 Å². The van der Waals surface area contributed by atoms with Gasteiger partial charge in [0.15, 0.2) is 5.82 Å². The lowest BCUT2D eigenvalue weighted by molar-refractivity contribution is -0.137. The predicted octanol–water partition coefficient (Wildman–Crippen LogP) is 2.31. The van der Waals surface area contributed by atoms with E-state index in [0.29, 0.717) is 32.0 Å². The Labute approximate surface area is 170 Å². The molecule has 2 aliphatic heterocycles. The van der Waals surface area contributed by atoms with Crippen LogP contribution >= 0.6 is 11.6 Å². The Bertz CT molecular complexity index is 955. The molecule has 2 atom stereocenters. The fraction of sp³-hybridized carbons (Fsp3) is 0.368. The predicted molar refractivity (Wildman–Crippen MR) is 105 cm³/mol. The molecule has 154 valence electrons. The summed E-state index contributed by atoms with van der Waals surface area (Å²) in [4.78, 5) is 10.7. The van der Waals surface area contributed by atoms with Gasteiger partial charge >= 0.3 is 6.18 Å². The SMILES string of the molecule is N[C@H]1CN(c2nc(-c3ccc(Cl)c(C(F)(F)F)c3)ncc2C2=CCNC2)C[C@@H]1O. The van der Waals surface area contributed by atoms with Gasteiger partial charge in [-0.05, 0) is 23.8 Å². The number of β-amino-alcohol motifs (C(OH)–C–C–N with tert-alkyl or cyclic N) is 1. The number of rotatable bonds is 3. The van der Waals surface area contributed by atoms with Crippen LogP contribution in [0.4, 0.5) is 19.0 Å². The lowest BCUT2D eigenvalue weighted by atomic mass is 10.1. The van der Waals surface area contributed by atoms with E-state index in [1.807, 2.05) is 11.0 Å². The molecule has 29 heavy (non-hydrogen) atoms. The highest BCUT2D eigenvalue weighted by atomic mass is 35.5. The molecule has 0 radical (unpaired) electrons. The van der Waals surface area contributed by atoms with Gasteiger partial charge in [-0.3, -0.25) is 0 Å². The maximum atomic E-state index is 13.2. The van der Waals surface area contributed by atoms with E-state index >= 15 is 0 Å². The molecule has 0 bridgehead atoms. The standard InChI is InChI=1S/C19H19ClF3N5O/c20-14-2-1-10(5-13(14)19(21,22)23)17-26-7-12(11-3-4-25-6-11)18(27-17)28-8-15(24)16(29)9-28/h1-3,5,7,15-16,25,29H,4,6,8-9,24H2/t15-,16-/m0/s1. The highest BCUT2D eigenvalue weighted by Gasteiger charge is 2.34. The minimum Gasteiger partial charge on any atom is -0.390 e. The zero-order chi connectivity index (χ0) is 20.8. The summed E-state index contributed by atoms with van der Waals surface area (Å²) in [5.74, 6) is 0.688. The molecular formula is C19H19ClF3N5O. The van der Waals surface area contributed by atoms with Crippen LogP contribution in [0.15, 0.2) is 30.5 Å². The second kappa shape index (κ2) is 7.56. The lowest BCUT2D eigenvalue weighted by Crippen LogP contribution is -2.32. The lowest BCUT2D eigenvalue weighted by Gasteiger charge is -2.21. The van der Waals surface area contributed by atoms with Gasteiger partial charge in [-0.2, -0.15) is 13.2 Å². The van der Waals surface area contributed by atoms with Crippen LogP contribution in [0.25, 0.3) is 17.0 Å². The van der Waals surface area contributed by atoms with Crippen molar-refractivity contribution in [1.29, 1.82) is 0 Å². The normalized spacial score (nSPS) is 22.3. The number of aromatic nitrogens is 2. The molecule has 1 aromatic heterocycles. The summed E-state index contributed by atoms with van der Waals surface area (Å²) in [6, 6.07) is 3.17. The molecule has 3 heterocycles. The molecule has 4 rings (SSSR count). The van der Waals surface area contributed by atoms with Gasteiger partial charge in [0.25, 0.3) is 0 Å². The first-order valence-electron chi connectivity index (χ1n) is 9.07. The van der Waals surface area contributed by atoms with E-state index in [0.717, 1.165) is 17.2 Å². The van der Waals surface area contributed by atoms with Crippen LogP contribution in [-0.4, -0.2) is 53.4 Å². The highest BCUT2D eigenvalue weighted by molar-refractivity contribution is 6.31. The average molecular weight is 426 g/mol. The zero-order valence-corrected chi connectivity index (χ0v) is 16.0. The molecule has 0 saturated carbocycles.